The van der Waals surface area contributed by atoms with Crippen LogP contribution < -0.4 is 0 Å². The molecule has 0 aromatic rings. The second-order valence-electron chi connectivity index (χ2n) is 4.53. The van der Waals surface area contributed by atoms with Crippen LogP contribution in [0.1, 0.15) is 19.8 Å². The highest BCUT2D eigenvalue weighted by Crippen LogP contribution is 2.30. The Morgan fingerprint density at radius 2 is 1.94 bits per heavy atom. The molecule has 1 N–H and O–H groups in total. The maximum Gasteiger partial charge on any atom is 0.415 e. The van der Waals surface area contributed by atoms with E-state index in [2.05, 4.69) is 6.07 Å². The van der Waals surface area contributed by atoms with Crippen LogP contribution in [0.15, 0.2) is 0 Å². The molecule has 1 atom stereocenters. The first kappa shape index (κ1) is 13.3. The van der Waals surface area contributed by atoms with E-state index < -0.39 is 24.2 Å². The van der Waals surface area contributed by atoms with Gasteiger partial charge in [0.05, 0.1) is 11.5 Å². The summed E-state index contributed by atoms with van der Waals surface area (Å²) in [6, 6.07) is 2.17. The summed E-state index contributed by atoms with van der Waals surface area (Å²) in [5.74, 6) is 0. The van der Waals surface area contributed by atoms with E-state index in [9.17, 15) is 13.2 Å². The number of nitrogens with zero attached hydrogens (tertiary/aromatic N) is 2. The third kappa shape index (κ3) is 3.35. The maximum absolute atomic E-state index is 12.1. The Balaban J connectivity index is 2.42. The van der Waals surface area contributed by atoms with Crippen LogP contribution in [-0.4, -0.2) is 41.9 Å². The summed E-state index contributed by atoms with van der Waals surface area (Å²) in [4.78, 5) is 1.55. The molecule has 0 spiro atoms. The molecule has 92 valence electrons. The smallest absolute Gasteiger partial charge is 0.382 e. The zero-order valence-corrected chi connectivity index (χ0v) is 9.09. The van der Waals surface area contributed by atoms with Gasteiger partial charge in [-0.1, -0.05) is 0 Å². The van der Waals surface area contributed by atoms with E-state index in [0.29, 0.717) is 25.9 Å². The van der Waals surface area contributed by atoms with Crippen LogP contribution >= 0.6 is 0 Å². The second kappa shape index (κ2) is 4.60. The van der Waals surface area contributed by atoms with Crippen molar-refractivity contribution in [3.8, 4) is 6.07 Å². The molecular weight excluding hydrogens is 221 g/mol. The summed E-state index contributed by atoms with van der Waals surface area (Å²) in [6.45, 7) is 2.27. The van der Waals surface area contributed by atoms with Crippen molar-refractivity contribution >= 4 is 0 Å². The first-order chi connectivity index (χ1) is 7.27. The van der Waals surface area contributed by atoms with Crippen LogP contribution in [0.5, 0.6) is 0 Å². The minimum absolute atomic E-state index is 0.398. The highest BCUT2D eigenvalue weighted by Gasteiger charge is 2.40. The molecule has 0 aromatic heterocycles. The van der Waals surface area contributed by atoms with Gasteiger partial charge < -0.3 is 10.0 Å². The van der Waals surface area contributed by atoms with E-state index in [4.69, 9.17) is 10.4 Å². The van der Waals surface area contributed by atoms with Gasteiger partial charge in [-0.05, 0) is 32.9 Å². The molecule has 1 aliphatic rings. The molecule has 0 aliphatic carbocycles. The lowest BCUT2D eigenvalue weighted by Crippen LogP contribution is -2.45. The molecule has 0 saturated carbocycles. The van der Waals surface area contributed by atoms with Crippen molar-refractivity contribution in [2.45, 2.75) is 32.0 Å². The highest BCUT2D eigenvalue weighted by atomic mass is 19.4. The molecule has 1 rings (SSSR count). The van der Waals surface area contributed by atoms with E-state index in [1.165, 1.54) is 0 Å². The lowest BCUT2D eigenvalue weighted by atomic mass is 9.82. The first-order valence-electron chi connectivity index (χ1n) is 5.15. The largest absolute Gasteiger partial charge is 0.415 e. The van der Waals surface area contributed by atoms with Crippen molar-refractivity contribution in [2.75, 3.05) is 19.6 Å². The number of halogens is 3. The van der Waals surface area contributed by atoms with Crippen molar-refractivity contribution in [1.29, 1.82) is 5.26 Å². The van der Waals surface area contributed by atoms with Crippen molar-refractivity contribution in [2.24, 2.45) is 5.41 Å². The monoisotopic (exact) mass is 236 g/mol. The Bertz CT molecular complexity index is 277. The number of aliphatic hydroxyl groups excluding tert-OH is 1. The van der Waals surface area contributed by atoms with Crippen molar-refractivity contribution < 1.29 is 18.3 Å². The van der Waals surface area contributed by atoms with Crippen molar-refractivity contribution in [1.82, 2.24) is 4.90 Å². The van der Waals surface area contributed by atoms with Gasteiger partial charge in [0.15, 0.2) is 6.10 Å². The maximum atomic E-state index is 12.1. The molecule has 0 bridgehead atoms. The molecule has 1 unspecified atom stereocenters. The van der Waals surface area contributed by atoms with Crippen LogP contribution in [0, 0.1) is 16.7 Å². The van der Waals surface area contributed by atoms with Gasteiger partial charge in [-0.15, -0.1) is 0 Å². The molecular formula is C10H15F3N2O. The number of piperidine rings is 1. The third-order valence-electron chi connectivity index (χ3n) is 3.04. The lowest BCUT2D eigenvalue weighted by Gasteiger charge is -2.35. The van der Waals surface area contributed by atoms with E-state index in [1.807, 2.05) is 6.92 Å². The summed E-state index contributed by atoms with van der Waals surface area (Å²) in [6.07, 6.45) is -5.75. The Morgan fingerprint density at radius 3 is 2.31 bits per heavy atom. The van der Waals surface area contributed by atoms with Gasteiger partial charge in [0, 0.05) is 6.54 Å². The summed E-state index contributed by atoms with van der Waals surface area (Å²) < 4.78 is 36.3. The normalized spacial score (nSPS) is 23.8. The third-order valence-corrected chi connectivity index (χ3v) is 3.04. The molecule has 3 nitrogen and oxygen atoms in total. The van der Waals surface area contributed by atoms with Gasteiger partial charge in [-0.3, -0.25) is 0 Å². The van der Waals surface area contributed by atoms with Gasteiger partial charge in [-0.2, -0.15) is 18.4 Å². The van der Waals surface area contributed by atoms with Gasteiger partial charge in [-0.25, -0.2) is 0 Å². The fourth-order valence-corrected chi connectivity index (χ4v) is 1.69. The molecule has 0 amide bonds. The fourth-order valence-electron chi connectivity index (χ4n) is 1.69. The molecule has 0 radical (unpaired) electrons. The number of aliphatic hydroxyl groups is 1. The standard InChI is InChI=1S/C10H15F3N2O/c1-9(7-14)2-4-15(5-3-9)6-8(16)10(11,12)13/h8,16H,2-6H2,1H3. The molecule has 1 fully saturated rings. The fraction of sp³-hybridized carbons (Fsp3) is 0.900. The van der Waals surface area contributed by atoms with E-state index in [-0.39, 0.29) is 0 Å². The van der Waals surface area contributed by atoms with Crippen LogP contribution in [0.2, 0.25) is 0 Å². The molecule has 1 saturated heterocycles. The number of nitriles is 1. The van der Waals surface area contributed by atoms with Crippen molar-refractivity contribution in [3.05, 3.63) is 0 Å². The Hall–Kier alpha value is -0.800. The van der Waals surface area contributed by atoms with Crippen LogP contribution in [-0.2, 0) is 0 Å². The zero-order valence-electron chi connectivity index (χ0n) is 9.09. The van der Waals surface area contributed by atoms with Gasteiger partial charge >= 0.3 is 6.18 Å². The lowest BCUT2D eigenvalue weighted by molar-refractivity contribution is -0.209. The molecule has 1 aliphatic heterocycles. The predicted octanol–water partition coefficient (Wildman–Crippen LogP) is 1.54. The van der Waals surface area contributed by atoms with E-state index in [1.54, 1.807) is 4.90 Å². The quantitative estimate of drug-likeness (QED) is 0.791. The minimum Gasteiger partial charge on any atom is -0.382 e. The molecule has 1 heterocycles. The summed E-state index contributed by atoms with van der Waals surface area (Å²) in [7, 11) is 0. The number of hydrogen-bond acceptors (Lipinski definition) is 3. The van der Waals surface area contributed by atoms with Gasteiger partial charge in [0.2, 0.25) is 0 Å². The van der Waals surface area contributed by atoms with Gasteiger partial charge in [0.25, 0.3) is 0 Å². The van der Waals surface area contributed by atoms with E-state index in [0.717, 1.165) is 0 Å². The Morgan fingerprint density at radius 1 is 1.44 bits per heavy atom. The minimum atomic E-state index is -4.56. The summed E-state index contributed by atoms with van der Waals surface area (Å²) >= 11 is 0. The number of likely N-dealkylation sites (tertiary alicyclic amines) is 1. The van der Waals surface area contributed by atoms with Gasteiger partial charge in [0.1, 0.15) is 0 Å². The number of β-amino-alcohol motifs (C(OH)–C–C–N with tert-alkyl or cyclic N) is 1. The van der Waals surface area contributed by atoms with E-state index >= 15 is 0 Å². The van der Waals surface area contributed by atoms with Crippen LogP contribution in [0.4, 0.5) is 13.2 Å². The highest BCUT2D eigenvalue weighted by molar-refractivity contribution is 4.98. The Labute approximate surface area is 92.5 Å². The summed E-state index contributed by atoms with van der Waals surface area (Å²) in [5, 5.41) is 17.7. The predicted molar refractivity (Wildman–Crippen MR) is 51.5 cm³/mol. The number of hydrogen-bond donors (Lipinski definition) is 1. The Kier molecular flexibility index (Phi) is 3.81. The van der Waals surface area contributed by atoms with Crippen LogP contribution in [0.3, 0.4) is 0 Å². The SMILES string of the molecule is CC1(C#N)CCN(CC(O)C(F)(F)F)CC1. The molecule has 0 aromatic carbocycles. The molecule has 6 heteroatoms. The molecule has 16 heavy (non-hydrogen) atoms. The van der Waals surface area contributed by atoms with Crippen LogP contribution in [0.25, 0.3) is 0 Å². The average molecular weight is 236 g/mol. The zero-order chi connectivity index (χ0) is 12.4. The average Bonchev–Trinajstić information content (AvgIpc) is 2.20. The summed E-state index contributed by atoms with van der Waals surface area (Å²) in [5.41, 5.74) is -0.431. The second-order valence-corrected chi connectivity index (χ2v) is 4.53. The number of alkyl halides is 3. The van der Waals surface area contributed by atoms with Crippen molar-refractivity contribution in [3.63, 3.8) is 0 Å². The first-order valence-corrected chi connectivity index (χ1v) is 5.15. The topological polar surface area (TPSA) is 47.3 Å². The number of rotatable bonds is 2.